The average molecular weight is 184 g/mol. The number of carbonyl (C=O) groups excluding carboxylic acids is 1. The highest BCUT2D eigenvalue weighted by molar-refractivity contribution is 7.84. The second-order valence-electron chi connectivity index (χ2n) is 2.03. The van der Waals surface area contributed by atoms with Crippen molar-refractivity contribution < 1.29 is 22.2 Å². The number of halogens is 1. The maximum Gasteiger partial charge on any atom is 0.372 e. The lowest BCUT2D eigenvalue weighted by atomic mass is 10.3. The summed E-state index contributed by atoms with van der Waals surface area (Å²) in [5.74, 6) is -1.44. The van der Waals surface area contributed by atoms with E-state index in [1.165, 1.54) is 11.6 Å². The van der Waals surface area contributed by atoms with Gasteiger partial charge in [-0.25, -0.2) is 0 Å². The van der Waals surface area contributed by atoms with Crippen molar-refractivity contribution in [2.75, 3.05) is 0 Å². The van der Waals surface area contributed by atoms with Gasteiger partial charge < -0.3 is 9.90 Å². The first-order chi connectivity index (χ1) is 4.81. The predicted molar refractivity (Wildman–Crippen MR) is 32.2 cm³/mol. The van der Waals surface area contributed by atoms with Crippen LogP contribution in [0.25, 0.3) is 0 Å². The Morgan fingerprint density at radius 2 is 2.18 bits per heavy atom. The number of nitrogens with one attached hydrogen (secondary N) is 1. The number of carboxylic acid groups (broad SMARTS) is 1. The lowest BCUT2D eigenvalue weighted by molar-refractivity contribution is -0.306. The Hall–Kier alpha value is -0.690. The zero-order valence-electron chi connectivity index (χ0n) is 5.70. The minimum absolute atomic E-state index is 0.552. The molecule has 11 heavy (non-hydrogen) atoms. The summed E-state index contributed by atoms with van der Waals surface area (Å²) in [7, 11) is -4.81. The molecule has 0 aliphatic heterocycles. The number of rotatable bonds is 4. The largest absolute Gasteiger partial charge is 0.550 e. The van der Waals surface area contributed by atoms with Gasteiger partial charge in [-0.1, -0.05) is 3.89 Å². The summed E-state index contributed by atoms with van der Waals surface area (Å²) < 4.78 is 32.8. The highest BCUT2D eigenvalue weighted by Gasteiger charge is 2.11. The van der Waals surface area contributed by atoms with Crippen LogP contribution in [0.2, 0.25) is 0 Å². The highest BCUT2D eigenvalue weighted by Crippen LogP contribution is 1.93. The maximum atomic E-state index is 11.7. The van der Waals surface area contributed by atoms with Gasteiger partial charge >= 0.3 is 10.4 Å². The second kappa shape index (κ2) is 3.63. The molecule has 0 aromatic carbocycles. The van der Waals surface area contributed by atoms with E-state index in [9.17, 15) is 22.2 Å². The third-order valence-corrected chi connectivity index (χ3v) is 1.50. The Morgan fingerprint density at radius 3 is 2.45 bits per heavy atom. The first kappa shape index (κ1) is 10.3. The Kier molecular flexibility index (Phi) is 3.40. The van der Waals surface area contributed by atoms with E-state index in [2.05, 4.69) is 0 Å². The van der Waals surface area contributed by atoms with Gasteiger partial charge in [-0.2, -0.15) is 13.1 Å². The molecule has 0 amide bonds. The first-order valence-corrected chi connectivity index (χ1v) is 4.11. The minimum atomic E-state index is -4.81. The van der Waals surface area contributed by atoms with Gasteiger partial charge in [0, 0.05) is 18.4 Å². The smallest absolute Gasteiger partial charge is 0.372 e. The predicted octanol–water partition coefficient (Wildman–Crippen LogP) is -1.68. The zero-order chi connectivity index (χ0) is 9.07. The molecule has 0 saturated carbocycles. The van der Waals surface area contributed by atoms with Crippen LogP contribution < -0.4 is 9.83 Å². The van der Waals surface area contributed by atoms with E-state index >= 15 is 0 Å². The van der Waals surface area contributed by atoms with Crippen LogP contribution in [0, 0.1) is 0 Å². The normalized spacial score (nSPS) is 14.4. The number of hydrogen-bond donors (Lipinski definition) is 1. The summed E-state index contributed by atoms with van der Waals surface area (Å²) in [6.07, 6.45) is -0.552. The molecule has 66 valence electrons. The molecule has 0 radical (unpaired) electrons. The van der Waals surface area contributed by atoms with E-state index in [1.807, 2.05) is 0 Å². The molecule has 7 heteroatoms. The molecule has 1 unspecified atom stereocenters. The van der Waals surface area contributed by atoms with Crippen LogP contribution in [-0.4, -0.2) is 20.4 Å². The number of hydrogen-bond acceptors (Lipinski definition) is 4. The van der Waals surface area contributed by atoms with Crippen LogP contribution in [0.1, 0.15) is 13.3 Å². The van der Waals surface area contributed by atoms with E-state index in [1.54, 1.807) is 0 Å². The number of carboxylic acids is 1. The third-order valence-electron chi connectivity index (χ3n) is 0.815. The maximum absolute atomic E-state index is 11.7. The summed E-state index contributed by atoms with van der Waals surface area (Å²) >= 11 is 0. The quantitative estimate of drug-likeness (QED) is 0.528. The van der Waals surface area contributed by atoms with Crippen molar-refractivity contribution in [3.05, 3.63) is 0 Å². The van der Waals surface area contributed by atoms with Gasteiger partial charge in [0.05, 0.1) is 0 Å². The fraction of sp³-hybridized carbons (Fsp3) is 0.750. The molecule has 1 atom stereocenters. The van der Waals surface area contributed by atoms with Crippen molar-refractivity contribution in [3.63, 3.8) is 0 Å². The van der Waals surface area contributed by atoms with Crippen molar-refractivity contribution in [2.24, 2.45) is 0 Å². The molecule has 5 nitrogen and oxygen atoms in total. The van der Waals surface area contributed by atoms with Crippen molar-refractivity contribution >= 4 is 16.4 Å². The standard InChI is InChI=1S/C4H8FNO4S/c1-3(2-4(7)8)6-11(5,9)10/h3,6H,2H2,1H3,(H,7,8)/p-1. The van der Waals surface area contributed by atoms with Crippen molar-refractivity contribution in [2.45, 2.75) is 19.4 Å². The number of carbonyl (C=O) groups is 1. The Bertz CT molecular complexity index is 236. The van der Waals surface area contributed by atoms with E-state index in [0.717, 1.165) is 0 Å². The van der Waals surface area contributed by atoms with Crippen molar-refractivity contribution in [3.8, 4) is 0 Å². The van der Waals surface area contributed by atoms with E-state index in [0.29, 0.717) is 0 Å². The van der Waals surface area contributed by atoms with Gasteiger partial charge in [-0.05, 0) is 6.92 Å². The van der Waals surface area contributed by atoms with Crippen LogP contribution in [0.3, 0.4) is 0 Å². The molecular weight excluding hydrogens is 177 g/mol. The summed E-state index contributed by atoms with van der Waals surface area (Å²) in [5, 5.41) is 9.83. The molecule has 0 aromatic rings. The van der Waals surface area contributed by atoms with Gasteiger partial charge in [-0.3, -0.25) is 0 Å². The molecule has 0 saturated heterocycles. The molecule has 0 heterocycles. The lowest BCUT2D eigenvalue weighted by Crippen LogP contribution is -2.36. The second-order valence-corrected chi connectivity index (χ2v) is 3.14. The number of aliphatic carboxylic acids is 1. The van der Waals surface area contributed by atoms with Gasteiger partial charge in [-0.15, -0.1) is 0 Å². The monoisotopic (exact) mass is 184 g/mol. The van der Waals surface area contributed by atoms with Crippen molar-refractivity contribution in [1.29, 1.82) is 0 Å². The average Bonchev–Trinajstić information content (AvgIpc) is 1.53. The summed E-state index contributed by atoms with van der Waals surface area (Å²) in [4.78, 5) is 9.83. The van der Waals surface area contributed by atoms with Gasteiger partial charge in [0.1, 0.15) is 0 Å². The van der Waals surface area contributed by atoms with E-state index in [4.69, 9.17) is 0 Å². The molecular formula is C4H7FNO4S-. The Balaban J connectivity index is 3.89. The fourth-order valence-corrected chi connectivity index (χ4v) is 1.10. The molecule has 0 spiro atoms. The van der Waals surface area contributed by atoms with Crippen LogP contribution in [0.4, 0.5) is 3.89 Å². The van der Waals surface area contributed by atoms with Gasteiger partial charge in [0.25, 0.3) is 0 Å². The van der Waals surface area contributed by atoms with Gasteiger partial charge in [0.15, 0.2) is 0 Å². The molecule has 1 N–H and O–H groups in total. The van der Waals surface area contributed by atoms with Crippen LogP contribution in [0.5, 0.6) is 0 Å². The van der Waals surface area contributed by atoms with Crippen LogP contribution >= 0.6 is 0 Å². The lowest BCUT2D eigenvalue weighted by Gasteiger charge is -2.09. The molecule has 0 aromatic heterocycles. The zero-order valence-corrected chi connectivity index (χ0v) is 6.52. The molecule has 0 aliphatic rings. The topological polar surface area (TPSA) is 86.3 Å². The fourth-order valence-electron chi connectivity index (χ4n) is 0.532. The highest BCUT2D eigenvalue weighted by atomic mass is 32.3. The summed E-state index contributed by atoms with van der Waals surface area (Å²) in [5.41, 5.74) is 0. The summed E-state index contributed by atoms with van der Waals surface area (Å²) in [6, 6.07) is -0.991. The Morgan fingerprint density at radius 1 is 1.73 bits per heavy atom. The first-order valence-electron chi connectivity index (χ1n) is 2.73. The molecule has 0 aliphatic carbocycles. The SMILES string of the molecule is CC(CC(=O)[O-])NS(=O)(=O)F. The molecule has 0 bridgehead atoms. The summed E-state index contributed by atoms with van der Waals surface area (Å²) in [6.45, 7) is 1.22. The van der Waals surface area contributed by atoms with Crippen LogP contribution in [0.15, 0.2) is 0 Å². The van der Waals surface area contributed by atoms with E-state index in [-0.39, 0.29) is 0 Å². The van der Waals surface area contributed by atoms with Crippen molar-refractivity contribution in [1.82, 2.24) is 4.72 Å². The minimum Gasteiger partial charge on any atom is -0.550 e. The Labute approximate surface area is 63.6 Å². The molecule has 0 fully saturated rings. The van der Waals surface area contributed by atoms with Gasteiger partial charge in [0.2, 0.25) is 0 Å². The molecule has 0 rings (SSSR count). The van der Waals surface area contributed by atoms with E-state index < -0.39 is 28.8 Å². The van der Waals surface area contributed by atoms with Crippen LogP contribution in [-0.2, 0) is 15.2 Å². The third kappa shape index (κ3) is 7.20.